The van der Waals surface area contributed by atoms with Gasteiger partial charge >= 0.3 is 0 Å². The molecule has 0 N–H and O–H groups in total. The molecule has 4 heteroatoms. The molecule has 0 aliphatic rings. The predicted molar refractivity (Wildman–Crippen MR) is 270 cm³/mol. The number of benzene rings is 7. The molecule has 0 fully saturated rings. The number of fused-ring (bicyclic) bond motifs is 1. The minimum absolute atomic E-state index is 0.0592. The normalized spacial score (nSPS) is 12.8. The summed E-state index contributed by atoms with van der Waals surface area (Å²) in [6.07, 6.45) is 1.89. The highest BCUT2D eigenvalue weighted by Crippen LogP contribution is 2.44. The zero-order chi connectivity index (χ0) is 47.4. The number of aromatic nitrogens is 3. The van der Waals surface area contributed by atoms with Gasteiger partial charge in [0.1, 0.15) is 11.6 Å². The molecule has 2 heterocycles. The highest BCUT2D eigenvalue weighted by Gasteiger charge is 2.26. The van der Waals surface area contributed by atoms with Gasteiger partial charge in [-0.2, -0.15) is 0 Å². The van der Waals surface area contributed by atoms with Crippen molar-refractivity contribution in [2.24, 2.45) is 0 Å². The fourth-order valence-electron chi connectivity index (χ4n) is 8.92. The Balaban J connectivity index is 1.38. The lowest BCUT2D eigenvalue weighted by Gasteiger charge is -2.22. The van der Waals surface area contributed by atoms with Crippen LogP contribution < -0.4 is 4.74 Å². The van der Waals surface area contributed by atoms with E-state index in [1.807, 2.05) is 48.7 Å². The van der Waals surface area contributed by atoms with E-state index in [0.717, 1.165) is 77.9 Å². The number of ether oxygens (including phenoxy) is 1. The zero-order valence-electron chi connectivity index (χ0n) is 41.3. The molecule has 0 atom stereocenters. The summed E-state index contributed by atoms with van der Waals surface area (Å²) in [6, 6.07) is 54.4. The maximum atomic E-state index is 9.01. The molecule has 2 aromatic heterocycles. The Morgan fingerprint density at radius 2 is 1.19 bits per heavy atom. The number of aryl methyl sites for hydroxylation is 3. The lowest BCUT2D eigenvalue weighted by atomic mass is 9.83. The lowest BCUT2D eigenvalue weighted by molar-refractivity contribution is 0.413. The summed E-state index contributed by atoms with van der Waals surface area (Å²) in [4.78, 5) is 10.6. The van der Waals surface area contributed by atoms with Crippen molar-refractivity contribution < 1.29 is 8.85 Å². The van der Waals surface area contributed by atoms with Gasteiger partial charge in [-0.05, 0) is 141 Å². The van der Waals surface area contributed by atoms with Crippen LogP contribution in [0.25, 0.3) is 83.9 Å². The third-order valence-electron chi connectivity index (χ3n) is 12.3. The Morgan fingerprint density at radius 3 is 1.86 bits per heavy atom. The summed E-state index contributed by atoms with van der Waals surface area (Å²) in [7, 11) is 1.70. The molecule has 0 saturated carbocycles. The molecule has 7 aromatic carbocycles. The molecule has 64 heavy (non-hydrogen) atoms. The largest absolute Gasteiger partial charge is 0.496 e. The van der Waals surface area contributed by atoms with Crippen molar-refractivity contribution in [3.8, 4) is 78.6 Å². The molecular weight excluding hydrogens is 779 g/mol. The maximum absolute atomic E-state index is 9.01. The fourth-order valence-corrected chi connectivity index (χ4v) is 8.92. The van der Waals surface area contributed by atoms with Crippen molar-refractivity contribution in [3.63, 3.8) is 0 Å². The van der Waals surface area contributed by atoms with Crippen molar-refractivity contribution in [2.45, 2.75) is 73.1 Å². The van der Waals surface area contributed by atoms with Gasteiger partial charge in [0.05, 0.1) is 35.1 Å². The minimum Gasteiger partial charge on any atom is -0.496 e. The van der Waals surface area contributed by atoms with Crippen molar-refractivity contribution >= 4 is 11.0 Å². The van der Waals surface area contributed by atoms with E-state index >= 15 is 0 Å². The molecule has 0 aliphatic heterocycles. The minimum atomic E-state index is -2.44. The highest BCUT2D eigenvalue weighted by molar-refractivity contribution is 5.98. The first-order valence-corrected chi connectivity index (χ1v) is 22.1. The Bertz CT molecular complexity index is 3280. The van der Waals surface area contributed by atoms with Crippen molar-refractivity contribution in [1.82, 2.24) is 14.5 Å². The van der Waals surface area contributed by atoms with Gasteiger partial charge in [-0.25, -0.2) is 4.98 Å². The van der Waals surface area contributed by atoms with Crippen LogP contribution in [0.5, 0.6) is 5.75 Å². The molecule has 318 valence electrons. The topological polar surface area (TPSA) is 39.9 Å². The first-order valence-electron chi connectivity index (χ1n) is 23.6. The summed E-state index contributed by atoms with van der Waals surface area (Å²) in [6.45, 7) is 15.0. The highest BCUT2D eigenvalue weighted by atomic mass is 16.5. The van der Waals surface area contributed by atoms with E-state index < -0.39 is 6.85 Å². The Hall–Kier alpha value is -7.04. The standard InChI is InChI=1S/C60H57N3O/c1-38-30-40(3)57(64-10)52(31-38)58-62-56-49(45-33-46(35-48(34-45)60(7,8)9)53-36-44(28-29-61-53)41-18-13-11-14-19-41)22-17-23-54(56)63(58)55-32-39(2)50(42-20-15-12-16-21-42)37-51(55)43-24-26-47(27-25-43)59(4,5)6/h11-37H,1-10H3/i2D3. The average molecular weight is 839 g/mol. The van der Waals surface area contributed by atoms with E-state index in [0.29, 0.717) is 22.8 Å². The van der Waals surface area contributed by atoms with Gasteiger partial charge < -0.3 is 4.74 Å². The van der Waals surface area contributed by atoms with E-state index in [1.54, 1.807) is 7.11 Å². The van der Waals surface area contributed by atoms with Gasteiger partial charge in [-0.15, -0.1) is 0 Å². The van der Waals surface area contributed by atoms with Crippen LogP contribution in [0.3, 0.4) is 0 Å². The van der Waals surface area contributed by atoms with E-state index in [9.17, 15) is 0 Å². The molecule has 0 bridgehead atoms. The van der Waals surface area contributed by atoms with Gasteiger partial charge in [-0.3, -0.25) is 9.55 Å². The van der Waals surface area contributed by atoms with Crippen LogP contribution in [0.15, 0.2) is 164 Å². The lowest BCUT2D eigenvalue weighted by Crippen LogP contribution is -2.11. The number of imidazole rings is 1. The number of para-hydroxylation sites is 1. The molecule has 0 saturated heterocycles. The summed E-state index contributed by atoms with van der Waals surface area (Å²) in [5.41, 5.74) is 16.9. The summed E-state index contributed by atoms with van der Waals surface area (Å²) >= 11 is 0. The van der Waals surface area contributed by atoms with Crippen LogP contribution in [-0.2, 0) is 10.8 Å². The van der Waals surface area contributed by atoms with Crippen LogP contribution in [0.4, 0.5) is 0 Å². The average Bonchev–Trinajstić information content (AvgIpc) is 3.70. The van der Waals surface area contributed by atoms with E-state index in [2.05, 4.69) is 175 Å². The van der Waals surface area contributed by atoms with Crippen molar-refractivity contribution in [1.29, 1.82) is 0 Å². The van der Waals surface area contributed by atoms with Crippen LogP contribution in [0.1, 0.15) is 73.5 Å². The predicted octanol–water partition coefficient (Wildman–Crippen LogP) is 16.0. The van der Waals surface area contributed by atoms with Gasteiger partial charge in [0.25, 0.3) is 0 Å². The first kappa shape index (κ1) is 38.6. The van der Waals surface area contributed by atoms with Gasteiger partial charge in [0, 0.05) is 27.0 Å². The molecular formula is C60H57N3O. The van der Waals surface area contributed by atoms with Gasteiger partial charge in [-0.1, -0.05) is 151 Å². The van der Waals surface area contributed by atoms with Crippen molar-refractivity contribution in [3.05, 3.63) is 192 Å². The molecule has 0 aliphatic carbocycles. The number of nitrogens with zero attached hydrogens (tertiary/aromatic N) is 3. The molecule has 9 rings (SSSR count). The summed E-state index contributed by atoms with van der Waals surface area (Å²) < 4.78 is 35.4. The quantitative estimate of drug-likeness (QED) is 0.153. The van der Waals surface area contributed by atoms with Crippen molar-refractivity contribution in [2.75, 3.05) is 7.11 Å². The second kappa shape index (κ2) is 16.6. The van der Waals surface area contributed by atoms with Crippen LogP contribution in [0, 0.1) is 20.7 Å². The molecule has 0 spiro atoms. The molecule has 4 nitrogen and oxygen atoms in total. The van der Waals surface area contributed by atoms with Crippen LogP contribution >= 0.6 is 0 Å². The second-order valence-electron chi connectivity index (χ2n) is 19.1. The molecule has 0 unspecified atom stereocenters. The third kappa shape index (κ3) is 8.05. The molecule has 0 radical (unpaired) electrons. The monoisotopic (exact) mass is 838 g/mol. The van der Waals surface area contributed by atoms with Gasteiger partial charge in [0.15, 0.2) is 0 Å². The smallest absolute Gasteiger partial charge is 0.149 e. The van der Waals surface area contributed by atoms with Gasteiger partial charge in [0.2, 0.25) is 0 Å². The molecule has 9 aromatic rings. The maximum Gasteiger partial charge on any atom is 0.149 e. The summed E-state index contributed by atoms with van der Waals surface area (Å²) in [5, 5.41) is 0. The van der Waals surface area contributed by atoms with E-state index in [1.165, 1.54) is 11.1 Å². The number of pyridine rings is 1. The van der Waals surface area contributed by atoms with E-state index in [4.69, 9.17) is 18.8 Å². The third-order valence-corrected chi connectivity index (χ3v) is 12.3. The first-order chi connectivity index (χ1) is 31.9. The Kier molecular flexibility index (Phi) is 10.0. The number of rotatable bonds is 8. The number of hydrogen-bond donors (Lipinski definition) is 0. The summed E-state index contributed by atoms with van der Waals surface area (Å²) in [5.74, 6) is 1.35. The number of hydrogen-bond acceptors (Lipinski definition) is 3. The Labute approximate surface area is 383 Å². The fraction of sp³-hybridized carbons (Fsp3) is 0.200. The molecule has 0 amide bonds. The zero-order valence-corrected chi connectivity index (χ0v) is 38.3. The second-order valence-corrected chi connectivity index (χ2v) is 19.1. The van der Waals surface area contributed by atoms with Crippen LogP contribution in [0.2, 0.25) is 0 Å². The Morgan fingerprint density at radius 1 is 0.516 bits per heavy atom. The number of methoxy groups -OCH3 is 1. The van der Waals surface area contributed by atoms with Crippen LogP contribution in [-0.4, -0.2) is 21.6 Å². The van der Waals surface area contributed by atoms with E-state index in [-0.39, 0.29) is 16.4 Å². The SMILES string of the molecule is [2H]C([2H])([2H])c1cc(-n2c(-c3cc(C)cc(C)c3OC)nc3c(-c4cc(-c5cc(-c6ccccc6)ccn5)cc(C(C)(C)C)c4)cccc32)c(-c2ccc(C(C)(C)C)cc2)cc1-c1ccccc1.